The number of hydrogen-bond acceptors (Lipinski definition) is 4. The summed E-state index contributed by atoms with van der Waals surface area (Å²) >= 11 is 0. The molecule has 0 heterocycles. The second kappa shape index (κ2) is 10.4. The van der Waals surface area contributed by atoms with Crippen molar-refractivity contribution in [3.8, 4) is 16.9 Å². The number of benzene rings is 2. The SMILES string of the molecule is CCc1cccc(-c2cccc(C(=O)CN[C@@H](CN(C)C)C(C)C)c2)c1OC. The molecule has 0 radical (unpaired) electrons. The molecule has 152 valence electrons. The second-order valence-electron chi connectivity index (χ2n) is 7.85. The van der Waals surface area contributed by atoms with Gasteiger partial charge in [-0.3, -0.25) is 4.79 Å². The predicted molar refractivity (Wildman–Crippen MR) is 117 cm³/mol. The molecule has 0 spiro atoms. The van der Waals surface area contributed by atoms with Crippen molar-refractivity contribution in [1.82, 2.24) is 10.2 Å². The van der Waals surface area contributed by atoms with Crippen molar-refractivity contribution in [3.05, 3.63) is 53.6 Å². The number of ether oxygens (including phenoxy) is 1. The molecule has 0 saturated carbocycles. The minimum atomic E-state index is 0.108. The fourth-order valence-corrected chi connectivity index (χ4v) is 3.42. The number of Topliss-reactive ketones (excluding diaryl/α,β-unsaturated/α-hetero) is 1. The molecule has 1 atom stereocenters. The van der Waals surface area contributed by atoms with E-state index in [1.165, 1.54) is 5.56 Å². The maximum atomic E-state index is 12.8. The molecule has 2 rings (SSSR count). The average Bonchev–Trinajstić information content (AvgIpc) is 2.69. The minimum Gasteiger partial charge on any atom is -0.496 e. The van der Waals surface area contributed by atoms with E-state index in [0.717, 1.165) is 35.4 Å². The Hall–Kier alpha value is -2.17. The van der Waals surface area contributed by atoms with Gasteiger partial charge in [-0.1, -0.05) is 57.2 Å². The quantitative estimate of drug-likeness (QED) is 0.623. The van der Waals surface area contributed by atoms with Gasteiger partial charge in [0.15, 0.2) is 5.78 Å². The van der Waals surface area contributed by atoms with Crippen LogP contribution in [0.3, 0.4) is 0 Å². The van der Waals surface area contributed by atoms with Crippen LogP contribution in [0.2, 0.25) is 0 Å². The molecule has 0 aliphatic carbocycles. The molecular formula is C24H34N2O2. The zero-order chi connectivity index (χ0) is 20.7. The van der Waals surface area contributed by atoms with Crippen LogP contribution in [0.25, 0.3) is 11.1 Å². The summed E-state index contributed by atoms with van der Waals surface area (Å²) in [6.45, 7) is 7.73. The van der Waals surface area contributed by atoms with Gasteiger partial charge in [0.25, 0.3) is 0 Å². The number of ketones is 1. The Morgan fingerprint density at radius 2 is 1.86 bits per heavy atom. The molecule has 28 heavy (non-hydrogen) atoms. The van der Waals surface area contributed by atoms with Gasteiger partial charge in [-0.05, 0) is 43.6 Å². The Balaban J connectivity index is 2.20. The molecule has 0 amide bonds. The van der Waals surface area contributed by atoms with E-state index >= 15 is 0 Å². The van der Waals surface area contributed by atoms with Gasteiger partial charge in [0.05, 0.1) is 13.7 Å². The van der Waals surface area contributed by atoms with Crippen LogP contribution < -0.4 is 10.1 Å². The van der Waals surface area contributed by atoms with E-state index in [1.54, 1.807) is 7.11 Å². The van der Waals surface area contributed by atoms with Gasteiger partial charge in [0.1, 0.15) is 5.75 Å². The lowest BCUT2D eigenvalue weighted by atomic mass is 9.97. The van der Waals surface area contributed by atoms with E-state index in [9.17, 15) is 4.79 Å². The molecule has 4 heteroatoms. The van der Waals surface area contributed by atoms with Crippen LogP contribution in [0.5, 0.6) is 5.75 Å². The number of likely N-dealkylation sites (N-methyl/N-ethyl adjacent to an activating group) is 1. The Morgan fingerprint density at radius 1 is 1.14 bits per heavy atom. The lowest BCUT2D eigenvalue weighted by molar-refractivity contribution is 0.0982. The molecule has 0 fully saturated rings. The standard InChI is InChI=1S/C24H34N2O2/c1-7-18-10-9-13-21(24(18)28-6)19-11-8-12-20(14-19)23(27)15-25-22(17(2)3)16-26(4)5/h8-14,17,22,25H,7,15-16H2,1-6H3/t22-/m0/s1. The highest BCUT2D eigenvalue weighted by Crippen LogP contribution is 2.33. The summed E-state index contributed by atoms with van der Waals surface area (Å²) in [6, 6.07) is 14.3. The highest BCUT2D eigenvalue weighted by Gasteiger charge is 2.17. The molecule has 2 aromatic carbocycles. The van der Waals surface area contributed by atoms with Crippen LogP contribution in [0.15, 0.2) is 42.5 Å². The first-order chi connectivity index (χ1) is 13.4. The molecule has 0 aromatic heterocycles. The maximum Gasteiger partial charge on any atom is 0.176 e. The Kier molecular flexibility index (Phi) is 8.21. The summed E-state index contributed by atoms with van der Waals surface area (Å²) in [5.74, 6) is 1.46. The first kappa shape index (κ1) is 22.1. The molecule has 1 N–H and O–H groups in total. The third kappa shape index (κ3) is 5.66. The topological polar surface area (TPSA) is 41.6 Å². The van der Waals surface area contributed by atoms with Gasteiger partial charge < -0.3 is 15.0 Å². The Labute approximate surface area is 169 Å². The molecule has 0 bridgehead atoms. The van der Waals surface area contributed by atoms with Crippen molar-refractivity contribution >= 4 is 5.78 Å². The molecule has 0 aliphatic rings. The summed E-state index contributed by atoms with van der Waals surface area (Å²) in [5.41, 5.74) is 3.92. The fourth-order valence-electron chi connectivity index (χ4n) is 3.42. The second-order valence-corrected chi connectivity index (χ2v) is 7.85. The van der Waals surface area contributed by atoms with Gasteiger partial charge in [-0.25, -0.2) is 0 Å². The molecule has 2 aromatic rings. The summed E-state index contributed by atoms with van der Waals surface area (Å²) in [5, 5.41) is 3.43. The van der Waals surface area contributed by atoms with E-state index in [1.807, 2.05) is 36.4 Å². The van der Waals surface area contributed by atoms with Crippen molar-refractivity contribution < 1.29 is 9.53 Å². The van der Waals surface area contributed by atoms with Gasteiger partial charge in [0, 0.05) is 23.7 Å². The maximum absolute atomic E-state index is 12.8. The lowest BCUT2D eigenvalue weighted by Gasteiger charge is -2.25. The van der Waals surface area contributed by atoms with Crippen LogP contribution in [0.1, 0.15) is 36.7 Å². The molecule has 0 unspecified atom stereocenters. The Morgan fingerprint density at radius 3 is 2.46 bits per heavy atom. The average molecular weight is 383 g/mol. The van der Waals surface area contributed by atoms with Crippen LogP contribution in [0, 0.1) is 5.92 Å². The van der Waals surface area contributed by atoms with E-state index in [2.05, 4.69) is 51.1 Å². The summed E-state index contributed by atoms with van der Waals surface area (Å²) in [6.07, 6.45) is 0.905. The van der Waals surface area contributed by atoms with Crippen molar-refractivity contribution in [2.24, 2.45) is 5.92 Å². The van der Waals surface area contributed by atoms with Crippen molar-refractivity contribution in [3.63, 3.8) is 0 Å². The number of aryl methyl sites for hydroxylation is 1. The van der Waals surface area contributed by atoms with Crippen LogP contribution in [-0.2, 0) is 6.42 Å². The van der Waals surface area contributed by atoms with Gasteiger partial charge in [-0.15, -0.1) is 0 Å². The number of rotatable bonds is 10. The van der Waals surface area contributed by atoms with Crippen molar-refractivity contribution in [2.75, 3.05) is 34.3 Å². The number of hydrogen-bond donors (Lipinski definition) is 1. The van der Waals surface area contributed by atoms with Crippen molar-refractivity contribution in [2.45, 2.75) is 33.2 Å². The minimum absolute atomic E-state index is 0.108. The summed E-state index contributed by atoms with van der Waals surface area (Å²) < 4.78 is 5.66. The zero-order valence-electron chi connectivity index (χ0n) is 18.1. The number of nitrogens with zero attached hydrogens (tertiary/aromatic N) is 1. The monoisotopic (exact) mass is 382 g/mol. The van der Waals surface area contributed by atoms with E-state index in [-0.39, 0.29) is 11.8 Å². The number of carbonyl (C=O) groups is 1. The largest absolute Gasteiger partial charge is 0.496 e. The van der Waals surface area contributed by atoms with E-state index < -0.39 is 0 Å². The summed E-state index contributed by atoms with van der Waals surface area (Å²) in [7, 11) is 5.81. The highest BCUT2D eigenvalue weighted by atomic mass is 16.5. The van der Waals surface area contributed by atoms with E-state index in [4.69, 9.17) is 4.74 Å². The molecule has 0 aliphatic heterocycles. The first-order valence-electron chi connectivity index (χ1n) is 10.0. The van der Waals surface area contributed by atoms with Gasteiger partial charge in [-0.2, -0.15) is 0 Å². The zero-order valence-corrected chi connectivity index (χ0v) is 18.1. The molecular weight excluding hydrogens is 348 g/mol. The van der Waals surface area contributed by atoms with E-state index in [0.29, 0.717) is 12.5 Å². The number of nitrogens with one attached hydrogen (secondary N) is 1. The smallest absolute Gasteiger partial charge is 0.176 e. The predicted octanol–water partition coefficient (Wildman–Crippen LogP) is 4.28. The lowest BCUT2D eigenvalue weighted by Crippen LogP contribution is -2.44. The van der Waals surface area contributed by atoms with Gasteiger partial charge >= 0.3 is 0 Å². The Bertz CT molecular complexity index is 784. The number of methoxy groups -OCH3 is 1. The van der Waals surface area contributed by atoms with Crippen LogP contribution >= 0.6 is 0 Å². The molecule has 4 nitrogen and oxygen atoms in total. The third-order valence-corrected chi connectivity index (χ3v) is 5.07. The fraction of sp³-hybridized carbons (Fsp3) is 0.458. The van der Waals surface area contributed by atoms with Crippen LogP contribution in [-0.4, -0.2) is 51.0 Å². The third-order valence-electron chi connectivity index (χ3n) is 5.07. The number of carbonyl (C=O) groups excluding carboxylic acids is 1. The summed E-state index contributed by atoms with van der Waals surface area (Å²) in [4.78, 5) is 15.0. The van der Waals surface area contributed by atoms with Crippen molar-refractivity contribution in [1.29, 1.82) is 0 Å². The molecule has 0 saturated heterocycles. The number of para-hydroxylation sites is 1. The first-order valence-corrected chi connectivity index (χ1v) is 10.0. The van der Waals surface area contributed by atoms with Crippen LogP contribution in [0.4, 0.5) is 0 Å². The highest BCUT2D eigenvalue weighted by molar-refractivity contribution is 5.98. The van der Waals surface area contributed by atoms with Gasteiger partial charge in [0.2, 0.25) is 0 Å². The normalized spacial score (nSPS) is 12.4.